The van der Waals surface area contributed by atoms with Gasteiger partial charge in [-0.15, -0.1) is 0 Å². The van der Waals surface area contributed by atoms with E-state index in [1.165, 1.54) is 38.5 Å². The average Bonchev–Trinajstić information content (AvgIpc) is 3.43. The summed E-state index contributed by atoms with van der Waals surface area (Å²) in [5, 5.41) is 18.2. The zero-order valence-electron chi connectivity index (χ0n) is 23.1. The van der Waals surface area contributed by atoms with Crippen LogP contribution in [0.3, 0.4) is 0 Å². The van der Waals surface area contributed by atoms with E-state index in [1.807, 2.05) is 0 Å². The Bertz CT molecular complexity index is 951. The normalized spacial score (nSPS) is 56.7. The third kappa shape index (κ3) is 2.68. The summed E-state index contributed by atoms with van der Waals surface area (Å²) in [6, 6.07) is 0.211. The van der Waals surface area contributed by atoms with Gasteiger partial charge in [0.05, 0.1) is 18.2 Å². The molecular weight excluding hydrogens is 452 g/mol. The molecule has 0 bridgehead atoms. The highest BCUT2D eigenvalue weighted by molar-refractivity contribution is 5.68. The second-order valence-corrected chi connectivity index (χ2v) is 15.2. The lowest BCUT2D eigenvalue weighted by Crippen LogP contribution is -2.60. The molecule has 7 aliphatic rings. The standard InChI is InChI=1S/C30H48N2O4/c1-17-9-13-35-23-22(17)27(4)11-12-30-16-29(30)10-8-21(36-25(34)32-18-14-31-15-18)26(2,3)19(29)6-7-20(30)28(27,5)24(23)33/h17-24,31,33H,6-16H2,1-5H3,(H,32,34)/t17-,19+,20?,21?,22+,23?,24+,27?,28-,29?,30?/m1/s1. The van der Waals surface area contributed by atoms with Crippen LogP contribution in [0.4, 0.5) is 4.79 Å². The molecule has 2 spiro atoms. The summed E-state index contributed by atoms with van der Waals surface area (Å²) in [4.78, 5) is 12.7. The van der Waals surface area contributed by atoms with Crippen molar-refractivity contribution in [2.45, 2.75) is 110 Å². The van der Waals surface area contributed by atoms with Gasteiger partial charge in [-0.05, 0) is 91.3 Å². The van der Waals surface area contributed by atoms with Crippen molar-refractivity contribution in [1.29, 1.82) is 0 Å². The minimum absolute atomic E-state index is 0.0104. The Morgan fingerprint density at radius 3 is 2.44 bits per heavy atom. The van der Waals surface area contributed by atoms with Crippen molar-refractivity contribution >= 4 is 6.09 Å². The number of hydrogen-bond acceptors (Lipinski definition) is 5. The largest absolute Gasteiger partial charge is 0.446 e. The molecule has 0 aromatic heterocycles. The molecule has 6 heteroatoms. The van der Waals surface area contributed by atoms with Gasteiger partial charge in [-0.1, -0.05) is 34.6 Å². The molecule has 0 aromatic carbocycles. The Hall–Kier alpha value is -0.850. The number of alkyl carbamates (subject to hydrolysis) is 1. The number of ether oxygens (including phenoxy) is 2. The summed E-state index contributed by atoms with van der Waals surface area (Å²) in [5.41, 5.74) is 0.751. The predicted molar refractivity (Wildman–Crippen MR) is 137 cm³/mol. The van der Waals surface area contributed by atoms with Gasteiger partial charge in [0, 0.05) is 30.5 Å². The molecule has 3 N–H and O–H groups in total. The molecule has 5 aliphatic carbocycles. The van der Waals surface area contributed by atoms with E-state index in [1.54, 1.807) is 0 Å². The van der Waals surface area contributed by atoms with E-state index in [-0.39, 0.29) is 46.7 Å². The van der Waals surface area contributed by atoms with E-state index in [4.69, 9.17) is 9.47 Å². The second-order valence-electron chi connectivity index (χ2n) is 15.2. The molecule has 2 heterocycles. The molecular formula is C30H48N2O4. The maximum Gasteiger partial charge on any atom is 0.407 e. The van der Waals surface area contributed by atoms with Crippen LogP contribution in [0.1, 0.15) is 86.0 Å². The third-order valence-corrected chi connectivity index (χ3v) is 14.1. The molecule has 202 valence electrons. The monoisotopic (exact) mass is 500 g/mol. The van der Waals surface area contributed by atoms with Crippen molar-refractivity contribution in [3.8, 4) is 0 Å². The van der Waals surface area contributed by atoms with Crippen molar-refractivity contribution in [2.24, 2.45) is 50.7 Å². The summed E-state index contributed by atoms with van der Waals surface area (Å²) in [6.07, 6.45) is 8.89. The minimum Gasteiger partial charge on any atom is -0.446 e. The van der Waals surface area contributed by atoms with Crippen molar-refractivity contribution in [1.82, 2.24) is 10.6 Å². The lowest BCUT2D eigenvalue weighted by Gasteiger charge is -2.63. The number of fused-ring (bicyclic) bond motifs is 4. The quantitative estimate of drug-likeness (QED) is 0.520. The average molecular weight is 501 g/mol. The number of rotatable bonds is 2. The fourth-order valence-corrected chi connectivity index (χ4v) is 12.1. The van der Waals surface area contributed by atoms with Gasteiger partial charge in [0.15, 0.2) is 0 Å². The van der Waals surface area contributed by atoms with E-state index in [0.29, 0.717) is 34.5 Å². The van der Waals surface area contributed by atoms with Crippen molar-refractivity contribution < 1.29 is 19.4 Å². The number of hydrogen-bond donors (Lipinski definition) is 3. The molecule has 0 radical (unpaired) electrons. The van der Waals surface area contributed by atoms with Crippen molar-refractivity contribution in [3.63, 3.8) is 0 Å². The van der Waals surface area contributed by atoms with Gasteiger partial charge >= 0.3 is 6.09 Å². The molecule has 11 atom stereocenters. The molecule has 7 rings (SSSR count). The van der Waals surface area contributed by atoms with Gasteiger partial charge in [-0.25, -0.2) is 4.79 Å². The Balaban J connectivity index is 1.16. The number of carbonyl (C=O) groups excluding carboxylic acids is 1. The first-order valence-corrected chi connectivity index (χ1v) is 15.0. The molecule has 36 heavy (non-hydrogen) atoms. The Labute approximate surface area is 217 Å². The molecule has 6 nitrogen and oxygen atoms in total. The summed E-state index contributed by atoms with van der Waals surface area (Å²) in [6.45, 7) is 14.6. The van der Waals surface area contributed by atoms with Crippen LogP contribution >= 0.6 is 0 Å². The van der Waals surface area contributed by atoms with Crippen LogP contribution in [-0.4, -0.2) is 55.2 Å². The number of carbonyl (C=O) groups is 1. The molecule has 6 unspecified atom stereocenters. The van der Waals surface area contributed by atoms with Crippen LogP contribution in [-0.2, 0) is 9.47 Å². The van der Waals surface area contributed by atoms with Crippen LogP contribution in [0.5, 0.6) is 0 Å². The highest BCUT2D eigenvalue weighted by Gasteiger charge is 2.84. The van der Waals surface area contributed by atoms with E-state index in [0.717, 1.165) is 32.5 Å². The van der Waals surface area contributed by atoms with Gasteiger partial charge < -0.3 is 25.2 Å². The van der Waals surface area contributed by atoms with Gasteiger partial charge in [-0.2, -0.15) is 0 Å². The number of aliphatic hydroxyl groups excluding tert-OH is 1. The van der Waals surface area contributed by atoms with E-state index >= 15 is 0 Å². The highest BCUT2D eigenvalue weighted by atomic mass is 16.6. The van der Waals surface area contributed by atoms with Gasteiger partial charge in [0.25, 0.3) is 0 Å². The number of nitrogens with one attached hydrogen (secondary N) is 2. The smallest absolute Gasteiger partial charge is 0.407 e. The molecule has 2 saturated heterocycles. The van der Waals surface area contributed by atoms with Crippen molar-refractivity contribution in [2.75, 3.05) is 19.7 Å². The van der Waals surface area contributed by atoms with Gasteiger partial charge in [0.1, 0.15) is 6.10 Å². The highest BCUT2D eigenvalue weighted by Crippen LogP contribution is 2.89. The van der Waals surface area contributed by atoms with E-state index in [2.05, 4.69) is 45.3 Å². The van der Waals surface area contributed by atoms with E-state index in [9.17, 15) is 9.90 Å². The lowest BCUT2D eigenvalue weighted by atomic mass is 9.41. The van der Waals surface area contributed by atoms with Gasteiger partial charge in [0.2, 0.25) is 0 Å². The molecule has 5 saturated carbocycles. The third-order valence-electron chi connectivity index (χ3n) is 14.1. The zero-order valence-corrected chi connectivity index (χ0v) is 23.1. The first-order chi connectivity index (χ1) is 17.0. The maximum atomic E-state index is 12.7. The number of aliphatic hydroxyl groups is 1. The Morgan fingerprint density at radius 2 is 1.72 bits per heavy atom. The topological polar surface area (TPSA) is 79.8 Å². The Morgan fingerprint density at radius 1 is 1.00 bits per heavy atom. The first-order valence-electron chi connectivity index (χ1n) is 15.0. The molecule has 7 fully saturated rings. The number of amides is 1. The van der Waals surface area contributed by atoms with Crippen LogP contribution in [0.15, 0.2) is 0 Å². The summed E-state index contributed by atoms with van der Waals surface area (Å²) in [5.74, 6) is 2.25. The SMILES string of the molecule is C[C@@H]1CCOC2[C@H]1C1(C)CCC34CC35CCC(OC(=O)NC3CNC3)C(C)(C)[C@@H]5CCC4[C@]1(C)[C@H]2O. The van der Waals surface area contributed by atoms with Crippen molar-refractivity contribution in [3.05, 3.63) is 0 Å². The summed E-state index contributed by atoms with van der Waals surface area (Å²) in [7, 11) is 0. The molecule has 2 aliphatic heterocycles. The van der Waals surface area contributed by atoms with Crippen LogP contribution in [0, 0.1) is 50.7 Å². The van der Waals surface area contributed by atoms with Crippen LogP contribution in [0.2, 0.25) is 0 Å². The minimum atomic E-state index is -0.357. The zero-order chi connectivity index (χ0) is 25.3. The molecule has 0 aromatic rings. The predicted octanol–water partition coefficient (Wildman–Crippen LogP) is 4.50. The van der Waals surface area contributed by atoms with Crippen LogP contribution in [0.25, 0.3) is 0 Å². The summed E-state index contributed by atoms with van der Waals surface area (Å²) < 4.78 is 12.5. The van der Waals surface area contributed by atoms with Gasteiger partial charge in [-0.3, -0.25) is 0 Å². The fourth-order valence-electron chi connectivity index (χ4n) is 12.1. The lowest BCUT2D eigenvalue weighted by molar-refractivity contribution is -0.182. The van der Waals surface area contributed by atoms with Crippen LogP contribution < -0.4 is 10.6 Å². The maximum absolute atomic E-state index is 12.7. The molecule has 1 amide bonds. The first kappa shape index (κ1) is 24.2. The summed E-state index contributed by atoms with van der Waals surface area (Å²) >= 11 is 0. The van der Waals surface area contributed by atoms with E-state index < -0.39 is 0 Å². The fraction of sp³-hybridized carbons (Fsp3) is 0.967. The Kier molecular flexibility index (Phi) is 4.99. The second kappa shape index (κ2) is 7.41.